The maximum Gasteiger partial charge on any atom is 0.336 e. The number of fused-ring (bicyclic) bond motifs is 1. The first-order valence-electron chi connectivity index (χ1n) is 8.87. The summed E-state index contributed by atoms with van der Waals surface area (Å²) in [6, 6.07) is 13.1. The molecule has 1 aromatic heterocycles. The van der Waals surface area contributed by atoms with Gasteiger partial charge in [-0.05, 0) is 49.6 Å². The molecule has 140 valence electrons. The lowest BCUT2D eigenvalue weighted by Gasteiger charge is -2.26. The maximum absolute atomic E-state index is 12.2. The van der Waals surface area contributed by atoms with Crippen LogP contribution in [0.4, 0.5) is 5.69 Å². The average Bonchev–Trinajstić information content (AvgIpc) is 2.59. The number of aryl methyl sites for hydroxylation is 2. The third kappa shape index (κ3) is 3.72. The summed E-state index contributed by atoms with van der Waals surface area (Å²) in [4.78, 5) is 25.1. The highest BCUT2D eigenvalue weighted by Crippen LogP contribution is 2.34. The van der Waals surface area contributed by atoms with Crippen molar-refractivity contribution in [2.24, 2.45) is 0 Å². The van der Waals surface area contributed by atoms with Crippen molar-refractivity contribution in [3.05, 3.63) is 64.0 Å². The molecule has 1 atom stereocenters. The fourth-order valence-electron chi connectivity index (χ4n) is 3.46. The van der Waals surface area contributed by atoms with E-state index in [1.165, 1.54) is 6.07 Å². The molecule has 2 aromatic carbocycles. The van der Waals surface area contributed by atoms with Gasteiger partial charge in [-0.3, -0.25) is 4.79 Å². The number of nitrogens with zero attached hydrogens (tertiary/aromatic N) is 1. The lowest BCUT2D eigenvalue weighted by molar-refractivity contribution is -0.137. The van der Waals surface area contributed by atoms with Crippen molar-refractivity contribution in [1.82, 2.24) is 0 Å². The van der Waals surface area contributed by atoms with Crippen LogP contribution in [-0.2, 0) is 4.79 Å². The van der Waals surface area contributed by atoms with Gasteiger partial charge in [0.15, 0.2) is 0 Å². The van der Waals surface area contributed by atoms with E-state index < -0.39 is 11.6 Å². The number of benzene rings is 2. The first kappa shape index (κ1) is 18.7. The monoisotopic (exact) mass is 365 g/mol. The Bertz CT molecular complexity index is 1050. The topological polar surface area (TPSA) is 70.8 Å². The zero-order chi connectivity index (χ0) is 19.7. The minimum Gasteiger partial charge on any atom is -0.481 e. The second-order valence-corrected chi connectivity index (χ2v) is 6.98. The van der Waals surface area contributed by atoms with E-state index in [0.29, 0.717) is 5.58 Å². The molecule has 0 saturated carbocycles. The van der Waals surface area contributed by atoms with Gasteiger partial charge in [0.05, 0.1) is 6.42 Å². The Morgan fingerprint density at radius 1 is 1.15 bits per heavy atom. The van der Waals surface area contributed by atoms with E-state index in [4.69, 9.17) is 9.52 Å². The smallest absolute Gasteiger partial charge is 0.336 e. The molecule has 0 saturated heterocycles. The lowest BCUT2D eigenvalue weighted by Crippen LogP contribution is -2.30. The molecule has 0 fully saturated rings. The van der Waals surface area contributed by atoms with E-state index in [-0.39, 0.29) is 12.5 Å². The molecule has 0 spiro atoms. The maximum atomic E-state index is 12.2. The largest absolute Gasteiger partial charge is 0.481 e. The molecule has 0 amide bonds. The molecule has 0 aliphatic carbocycles. The fourth-order valence-corrected chi connectivity index (χ4v) is 3.46. The third-order valence-corrected chi connectivity index (χ3v) is 5.02. The number of carboxylic acids is 1. The predicted octanol–water partition coefficient (Wildman–Crippen LogP) is 4.38. The van der Waals surface area contributed by atoms with Crippen molar-refractivity contribution in [3.63, 3.8) is 0 Å². The van der Waals surface area contributed by atoms with Crippen LogP contribution < -0.4 is 10.5 Å². The van der Waals surface area contributed by atoms with Gasteiger partial charge in [0.2, 0.25) is 0 Å². The summed E-state index contributed by atoms with van der Waals surface area (Å²) in [7, 11) is 1.84. The molecule has 0 bridgehead atoms. The number of anilines is 1. The summed E-state index contributed by atoms with van der Waals surface area (Å²) in [6.45, 7) is 5.90. The van der Waals surface area contributed by atoms with E-state index in [9.17, 15) is 9.59 Å². The van der Waals surface area contributed by atoms with Gasteiger partial charge in [0, 0.05) is 41.9 Å². The molecule has 5 heteroatoms. The van der Waals surface area contributed by atoms with Crippen LogP contribution in [0.3, 0.4) is 0 Å². The van der Waals surface area contributed by atoms with E-state index in [1.54, 1.807) is 6.07 Å². The minimum absolute atomic E-state index is 0.0287. The number of hydrogen-bond acceptors (Lipinski definition) is 4. The lowest BCUT2D eigenvalue weighted by atomic mass is 9.93. The first-order chi connectivity index (χ1) is 12.8. The van der Waals surface area contributed by atoms with Crippen molar-refractivity contribution in [3.8, 4) is 11.1 Å². The second-order valence-electron chi connectivity index (χ2n) is 6.98. The van der Waals surface area contributed by atoms with Crippen molar-refractivity contribution >= 4 is 22.6 Å². The summed E-state index contributed by atoms with van der Waals surface area (Å²) in [6.07, 6.45) is 0.0287. The van der Waals surface area contributed by atoms with Crippen LogP contribution in [-0.4, -0.2) is 24.2 Å². The quantitative estimate of drug-likeness (QED) is 0.680. The molecule has 3 rings (SSSR count). The molecule has 0 aliphatic heterocycles. The zero-order valence-corrected chi connectivity index (χ0v) is 15.9. The van der Waals surface area contributed by atoms with E-state index >= 15 is 0 Å². The molecular formula is C22H23NO4. The highest BCUT2D eigenvalue weighted by molar-refractivity contribution is 5.96. The van der Waals surface area contributed by atoms with E-state index in [1.807, 2.05) is 63.1 Å². The third-order valence-electron chi connectivity index (χ3n) is 5.02. The van der Waals surface area contributed by atoms with Gasteiger partial charge < -0.3 is 14.4 Å². The van der Waals surface area contributed by atoms with Crippen LogP contribution in [0.5, 0.6) is 0 Å². The number of hydrogen-bond donors (Lipinski definition) is 1. The van der Waals surface area contributed by atoms with Crippen LogP contribution in [0.2, 0.25) is 0 Å². The number of rotatable bonds is 5. The fraction of sp³-hybridized carbons (Fsp3) is 0.273. The highest BCUT2D eigenvalue weighted by Gasteiger charge is 2.17. The van der Waals surface area contributed by atoms with Crippen LogP contribution in [0.15, 0.2) is 51.7 Å². The van der Waals surface area contributed by atoms with Crippen molar-refractivity contribution in [2.75, 3.05) is 11.9 Å². The average molecular weight is 365 g/mol. The van der Waals surface area contributed by atoms with Gasteiger partial charge in [-0.2, -0.15) is 0 Å². The summed E-state index contributed by atoms with van der Waals surface area (Å²) >= 11 is 0. The Labute approximate surface area is 157 Å². The Morgan fingerprint density at radius 2 is 1.81 bits per heavy atom. The van der Waals surface area contributed by atoms with Crippen molar-refractivity contribution in [2.45, 2.75) is 33.2 Å². The van der Waals surface area contributed by atoms with Crippen LogP contribution in [0, 0.1) is 13.8 Å². The Morgan fingerprint density at radius 3 is 2.44 bits per heavy atom. The highest BCUT2D eigenvalue weighted by atomic mass is 16.4. The Kier molecular flexibility index (Phi) is 5.04. The van der Waals surface area contributed by atoms with Crippen LogP contribution >= 0.6 is 0 Å². The van der Waals surface area contributed by atoms with Crippen LogP contribution in [0.1, 0.15) is 24.5 Å². The predicted molar refractivity (Wildman–Crippen MR) is 108 cm³/mol. The summed E-state index contributed by atoms with van der Waals surface area (Å²) in [5, 5.41) is 9.87. The molecule has 27 heavy (non-hydrogen) atoms. The molecule has 3 aromatic rings. The van der Waals surface area contributed by atoms with Gasteiger partial charge in [-0.25, -0.2) is 4.79 Å². The van der Waals surface area contributed by atoms with E-state index in [0.717, 1.165) is 33.3 Å². The molecule has 1 N–H and O–H groups in total. The number of aliphatic carboxylic acids is 1. The number of carboxylic acid groups (broad SMARTS) is 1. The molecule has 0 unspecified atom stereocenters. The molecule has 5 nitrogen and oxygen atoms in total. The normalized spacial score (nSPS) is 12.1. The SMILES string of the molecule is Cc1cccc(C)c1-c1cc(=O)oc2cc(N(C)[C@H](C)CC(=O)O)ccc12. The molecular weight excluding hydrogens is 342 g/mol. The van der Waals surface area contributed by atoms with Crippen molar-refractivity contribution in [1.29, 1.82) is 0 Å². The van der Waals surface area contributed by atoms with Gasteiger partial charge >= 0.3 is 11.6 Å². The summed E-state index contributed by atoms with van der Waals surface area (Å²) in [5.41, 5.74) is 4.97. The van der Waals surface area contributed by atoms with Gasteiger partial charge in [-0.1, -0.05) is 18.2 Å². The van der Waals surface area contributed by atoms with Crippen molar-refractivity contribution < 1.29 is 14.3 Å². The standard InChI is InChI=1S/C22H23NO4/c1-13-6-5-7-14(2)22(13)18-12-21(26)27-19-11-16(8-9-17(18)19)23(4)15(3)10-20(24)25/h5-9,11-12,15H,10H2,1-4H3,(H,24,25)/t15-/m1/s1. The minimum atomic E-state index is -0.848. The Balaban J connectivity index is 2.15. The Hall–Kier alpha value is -3.08. The zero-order valence-electron chi connectivity index (χ0n) is 15.9. The second kappa shape index (κ2) is 7.27. The van der Waals surface area contributed by atoms with Crippen LogP contribution in [0.25, 0.3) is 22.1 Å². The first-order valence-corrected chi connectivity index (χ1v) is 8.87. The number of carbonyl (C=O) groups is 1. The van der Waals surface area contributed by atoms with Gasteiger partial charge in [-0.15, -0.1) is 0 Å². The summed E-state index contributed by atoms with van der Waals surface area (Å²) < 4.78 is 5.46. The molecule has 1 heterocycles. The van der Waals surface area contributed by atoms with E-state index in [2.05, 4.69) is 0 Å². The summed E-state index contributed by atoms with van der Waals surface area (Å²) in [5.74, 6) is -0.848. The molecule has 0 radical (unpaired) electrons. The molecule has 0 aliphatic rings. The van der Waals surface area contributed by atoms with Gasteiger partial charge in [0.1, 0.15) is 5.58 Å². The van der Waals surface area contributed by atoms with Gasteiger partial charge in [0.25, 0.3) is 0 Å².